The number of rotatable bonds is 4. The van der Waals surface area contributed by atoms with E-state index in [-0.39, 0.29) is 5.41 Å². The zero-order valence-corrected chi connectivity index (χ0v) is 17.1. The van der Waals surface area contributed by atoms with Crippen molar-refractivity contribution in [3.05, 3.63) is 0 Å². The summed E-state index contributed by atoms with van der Waals surface area (Å²) in [4.78, 5) is 24.1. The molecule has 0 aromatic carbocycles. The molecule has 2 saturated carbocycles. The average Bonchev–Trinajstić information content (AvgIpc) is 2.44. The minimum absolute atomic E-state index is 0.0703. The van der Waals surface area contributed by atoms with Gasteiger partial charge in [-0.05, 0) is 75.5 Å². The molecule has 4 nitrogen and oxygen atoms in total. The highest BCUT2D eigenvalue weighted by Gasteiger charge is 2.60. The number of hydrogen-bond acceptors (Lipinski definition) is 3. The van der Waals surface area contributed by atoms with E-state index in [1.807, 2.05) is 20.8 Å². The molecule has 2 rings (SSSR count). The van der Waals surface area contributed by atoms with Crippen molar-refractivity contribution >= 4 is 12.4 Å². The van der Waals surface area contributed by atoms with E-state index in [1.54, 1.807) is 0 Å². The molecule has 0 aromatic heterocycles. The Morgan fingerprint density at radius 3 is 2.44 bits per heavy atom. The first-order chi connectivity index (χ1) is 11.5. The van der Waals surface area contributed by atoms with Gasteiger partial charge in [-0.3, -0.25) is 0 Å². The van der Waals surface area contributed by atoms with Gasteiger partial charge in [-0.25, -0.2) is 4.79 Å². The molecule has 4 heteroatoms. The van der Waals surface area contributed by atoms with E-state index in [1.165, 1.54) is 6.42 Å². The Morgan fingerprint density at radius 2 is 1.92 bits per heavy atom. The highest BCUT2D eigenvalue weighted by Crippen LogP contribution is 2.61. The van der Waals surface area contributed by atoms with E-state index in [4.69, 9.17) is 4.74 Å². The third-order valence-electron chi connectivity index (χ3n) is 7.22. The number of aldehydes is 1. The number of hydrogen-bond donors (Lipinski definition) is 1. The van der Waals surface area contributed by atoms with Crippen LogP contribution in [0.5, 0.6) is 0 Å². The molecule has 1 N–H and O–H groups in total. The molecule has 0 aliphatic heterocycles. The number of amides is 1. The van der Waals surface area contributed by atoms with Gasteiger partial charge in [-0.1, -0.05) is 27.7 Å². The molecule has 2 unspecified atom stereocenters. The molecule has 0 radical (unpaired) electrons. The van der Waals surface area contributed by atoms with Crippen LogP contribution < -0.4 is 5.32 Å². The van der Waals surface area contributed by atoms with Crippen molar-refractivity contribution in [1.82, 2.24) is 5.32 Å². The van der Waals surface area contributed by atoms with Gasteiger partial charge in [-0.2, -0.15) is 0 Å². The molecule has 0 aromatic rings. The van der Waals surface area contributed by atoms with Gasteiger partial charge in [0.15, 0.2) is 0 Å². The summed E-state index contributed by atoms with van der Waals surface area (Å²) >= 11 is 0. The zero-order chi connectivity index (χ0) is 19.0. The van der Waals surface area contributed by atoms with Crippen LogP contribution in [0.2, 0.25) is 0 Å². The zero-order valence-electron chi connectivity index (χ0n) is 17.1. The monoisotopic (exact) mass is 351 g/mol. The SMILES string of the molecule is CC(C)[C@@H]1CC[C@@]2(C)C(C)[C@H]1CCC2(CC=O)NC(=O)OC(C)(C)C. The Bertz CT molecular complexity index is 510. The normalized spacial score (nSPS) is 38.3. The van der Waals surface area contributed by atoms with Crippen molar-refractivity contribution in [3.63, 3.8) is 0 Å². The molecule has 2 aliphatic carbocycles. The van der Waals surface area contributed by atoms with Crippen molar-refractivity contribution in [2.75, 3.05) is 0 Å². The topological polar surface area (TPSA) is 55.4 Å². The minimum atomic E-state index is -0.536. The quantitative estimate of drug-likeness (QED) is 0.729. The number of carbonyl (C=O) groups is 2. The fraction of sp³-hybridized carbons (Fsp3) is 0.905. The summed E-state index contributed by atoms with van der Waals surface area (Å²) in [7, 11) is 0. The van der Waals surface area contributed by atoms with Crippen molar-refractivity contribution in [2.24, 2.45) is 29.1 Å². The van der Waals surface area contributed by atoms with E-state index in [9.17, 15) is 9.59 Å². The molecule has 2 aliphatic rings. The third-order valence-corrected chi connectivity index (χ3v) is 7.22. The van der Waals surface area contributed by atoms with Crippen molar-refractivity contribution < 1.29 is 14.3 Å². The van der Waals surface area contributed by atoms with Crippen LogP contribution in [0.4, 0.5) is 4.79 Å². The second kappa shape index (κ2) is 6.92. The molecule has 144 valence electrons. The molecule has 25 heavy (non-hydrogen) atoms. The molecule has 0 saturated heterocycles. The van der Waals surface area contributed by atoms with E-state index >= 15 is 0 Å². The Balaban J connectivity index is 2.30. The molecule has 0 heterocycles. The molecule has 2 bridgehead atoms. The van der Waals surface area contributed by atoms with E-state index in [0.29, 0.717) is 24.2 Å². The number of nitrogens with one attached hydrogen (secondary N) is 1. The highest BCUT2D eigenvalue weighted by atomic mass is 16.6. The van der Waals surface area contributed by atoms with Crippen LogP contribution in [0, 0.1) is 29.1 Å². The first kappa shape index (κ1) is 20.3. The first-order valence-corrected chi connectivity index (χ1v) is 9.90. The molecule has 0 spiro atoms. The number of alkyl carbamates (subject to hydrolysis) is 1. The van der Waals surface area contributed by atoms with Gasteiger partial charge < -0.3 is 14.8 Å². The lowest BCUT2D eigenvalue weighted by molar-refractivity contribution is -0.124. The third kappa shape index (κ3) is 3.73. The van der Waals surface area contributed by atoms with Crippen LogP contribution in [-0.2, 0) is 9.53 Å². The van der Waals surface area contributed by atoms with Crippen LogP contribution in [-0.4, -0.2) is 23.5 Å². The van der Waals surface area contributed by atoms with Gasteiger partial charge in [-0.15, -0.1) is 0 Å². The van der Waals surface area contributed by atoms with Crippen molar-refractivity contribution in [2.45, 2.75) is 91.7 Å². The summed E-state index contributed by atoms with van der Waals surface area (Å²) in [5.41, 5.74) is -1.10. The van der Waals surface area contributed by atoms with Gasteiger partial charge in [0.1, 0.15) is 11.9 Å². The van der Waals surface area contributed by atoms with E-state index in [0.717, 1.165) is 31.5 Å². The number of carbonyl (C=O) groups excluding carboxylic acids is 2. The Hall–Kier alpha value is -1.06. The maximum Gasteiger partial charge on any atom is 0.408 e. The van der Waals surface area contributed by atoms with Crippen LogP contribution in [0.1, 0.15) is 80.6 Å². The number of ether oxygens (including phenoxy) is 1. The van der Waals surface area contributed by atoms with Crippen LogP contribution in [0.15, 0.2) is 0 Å². The Labute approximate surface area is 153 Å². The second-order valence-corrected chi connectivity index (χ2v) is 9.94. The van der Waals surface area contributed by atoms with Crippen LogP contribution >= 0.6 is 0 Å². The molecule has 5 atom stereocenters. The fourth-order valence-corrected chi connectivity index (χ4v) is 5.65. The summed E-state index contributed by atoms with van der Waals surface area (Å²) in [6, 6.07) is 0. The summed E-state index contributed by atoms with van der Waals surface area (Å²) in [5.74, 6) is 2.60. The lowest BCUT2D eigenvalue weighted by atomic mass is 9.45. The fourth-order valence-electron chi connectivity index (χ4n) is 5.65. The Kier molecular flexibility index (Phi) is 5.61. The van der Waals surface area contributed by atoms with Gasteiger partial charge in [0, 0.05) is 6.42 Å². The second-order valence-electron chi connectivity index (χ2n) is 9.94. The lowest BCUT2D eigenvalue weighted by Gasteiger charge is -2.62. The van der Waals surface area contributed by atoms with E-state index < -0.39 is 17.2 Å². The first-order valence-electron chi connectivity index (χ1n) is 9.90. The summed E-state index contributed by atoms with van der Waals surface area (Å²) in [6.45, 7) is 14.9. The van der Waals surface area contributed by atoms with Gasteiger partial charge in [0.2, 0.25) is 0 Å². The molecule has 1 amide bonds. The molecule has 2 fully saturated rings. The van der Waals surface area contributed by atoms with E-state index in [2.05, 4.69) is 33.0 Å². The van der Waals surface area contributed by atoms with Gasteiger partial charge >= 0.3 is 6.09 Å². The smallest absolute Gasteiger partial charge is 0.408 e. The highest BCUT2D eigenvalue weighted by molar-refractivity contribution is 5.70. The van der Waals surface area contributed by atoms with Crippen LogP contribution in [0.25, 0.3) is 0 Å². The van der Waals surface area contributed by atoms with Gasteiger partial charge in [0.25, 0.3) is 0 Å². The average molecular weight is 352 g/mol. The minimum Gasteiger partial charge on any atom is -0.444 e. The van der Waals surface area contributed by atoms with Crippen molar-refractivity contribution in [1.29, 1.82) is 0 Å². The lowest BCUT2D eigenvalue weighted by Crippen LogP contribution is -2.67. The summed E-state index contributed by atoms with van der Waals surface area (Å²) in [6.07, 6.45) is 5.11. The van der Waals surface area contributed by atoms with Crippen LogP contribution in [0.3, 0.4) is 0 Å². The summed E-state index contributed by atoms with van der Waals surface area (Å²) in [5, 5.41) is 3.17. The number of fused-ring (bicyclic) bond motifs is 2. The summed E-state index contributed by atoms with van der Waals surface area (Å²) < 4.78 is 5.52. The predicted molar refractivity (Wildman–Crippen MR) is 100 cm³/mol. The Morgan fingerprint density at radius 1 is 1.28 bits per heavy atom. The maximum absolute atomic E-state index is 12.5. The largest absolute Gasteiger partial charge is 0.444 e. The standard InChI is InChI=1S/C21H37NO3/c1-14(2)16-8-10-20(7)15(3)17(16)9-11-21(20,12-13-23)22-18(24)25-19(4,5)6/h13-17H,8-12H2,1-7H3,(H,22,24)/t15?,16-,17+,20-,21?/m0/s1. The van der Waals surface area contributed by atoms with Crippen molar-refractivity contribution in [3.8, 4) is 0 Å². The maximum atomic E-state index is 12.5. The predicted octanol–water partition coefficient (Wildman–Crippen LogP) is 4.96. The molecular formula is C21H37NO3. The molecular weight excluding hydrogens is 314 g/mol. The van der Waals surface area contributed by atoms with Gasteiger partial charge in [0.05, 0.1) is 5.54 Å².